The lowest BCUT2D eigenvalue weighted by Crippen LogP contribution is -2.41. The summed E-state index contributed by atoms with van der Waals surface area (Å²) in [5.74, 6) is 1.85. The van der Waals surface area contributed by atoms with Gasteiger partial charge in [-0.05, 0) is 50.9 Å². The lowest BCUT2D eigenvalue weighted by atomic mass is 9.85. The molecule has 3 nitrogen and oxygen atoms in total. The largest absolute Gasteiger partial charge is 0.356 e. The summed E-state index contributed by atoms with van der Waals surface area (Å²) in [5, 5.41) is 6.85. The maximum atomic E-state index is 4.28. The Morgan fingerprint density at radius 2 is 2.17 bits per heavy atom. The molecule has 1 saturated carbocycles. The topological polar surface area (TPSA) is 36.4 Å². The lowest BCUT2D eigenvalue weighted by Gasteiger charge is -2.26. The Balaban J connectivity index is 1.59. The van der Waals surface area contributed by atoms with Gasteiger partial charge in [0, 0.05) is 20.1 Å². The van der Waals surface area contributed by atoms with E-state index < -0.39 is 0 Å². The molecule has 3 heteroatoms. The molecule has 0 heterocycles. The predicted molar refractivity (Wildman–Crippen MR) is 77.9 cm³/mol. The van der Waals surface area contributed by atoms with Gasteiger partial charge in [-0.15, -0.1) is 0 Å². The van der Waals surface area contributed by atoms with Gasteiger partial charge in [0.15, 0.2) is 5.96 Å². The Labute approximate surface area is 111 Å². The smallest absolute Gasteiger partial charge is 0.190 e. The zero-order valence-corrected chi connectivity index (χ0v) is 11.7. The molecule has 0 bridgehead atoms. The summed E-state index contributed by atoms with van der Waals surface area (Å²) in [6, 6.07) is 0. The summed E-state index contributed by atoms with van der Waals surface area (Å²) in [5.41, 5.74) is 1.63. The third-order valence-electron chi connectivity index (χ3n) is 4.13. The number of allylic oxidation sites excluding steroid dienone is 1. The molecular formula is C15H27N3. The predicted octanol–water partition coefficient (Wildman–Crippen LogP) is 2.84. The van der Waals surface area contributed by atoms with Crippen LogP contribution in [0.1, 0.15) is 51.4 Å². The molecule has 0 aromatic rings. The number of guanidine groups is 1. The zero-order chi connectivity index (χ0) is 12.6. The van der Waals surface area contributed by atoms with Crippen LogP contribution in [-0.2, 0) is 0 Å². The van der Waals surface area contributed by atoms with Crippen LogP contribution >= 0.6 is 0 Å². The molecule has 2 aliphatic rings. The third-order valence-corrected chi connectivity index (χ3v) is 4.13. The van der Waals surface area contributed by atoms with Crippen molar-refractivity contribution < 1.29 is 0 Å². The average molecular weight is 249 g/mol. The highest BCUT2D eigenvalue weighted by atomic mass is 15.2. The van der Waals surface area contributed by atoms with Crippen molar-refractivity contribution in [1.29, 1.82) is 0 Å². The van der Waals surface area contributed by atoms with Crippen molar-refractivity contribution in [3.05, 3.63) is 11.6 Å². The summed E-state index contributed by atoms with van der Waals surface area (Å²) >= 11 is 0. The third kappa shape index (κ3) is 4.35. The van der Waals surface area contributed by atoms with Crippen LogP contribution in [0.5, 0.6) is 0 Å². The summed E-state index contributed by atoms with van der Waals surface area (Å²) in [4.78, 5) is 4.28. The van der Waals surface area contributed by atoms with E-state index in [2.05, 4.69) is 21.7 Å². The Bertz CT molecular complexity index is 303. The van der Waals surface area contributed by atoms with Gasteiger partial charge in [-0.25, -0.2) is 0 Å². The second-order valence-electron chi connectivity index (χ2n) is 5.53. The molecule has 0 radical (unpaired) electrons. The van der Waals surface area contributed by atoms with E-state index in [0.29, 0.717) is 0 Å². The summed E-state index contributed by atoms with van der Waals surface area (Å²) in [7, 11) is 1.86. The Morgan fingerprint density at radius 3 is 2.78 bits per heavy atom. The number of nitrogens with zero attached hydrogens (tertiary/aromatic N) is 1. The van der Waals surface area contributed by atoms with Gasteiger partial charge in [0.1, 0.15) is 0 Å². The van der Waals surface area contributed by atoms with E-state index in [1.807, 2.05) is 7.05 Å². The standard InChI is InChI=1S/C15H27N3/c1-16-15(18-12-14-8-5-9-14)17-11-10-13-6-3-2-4-7-13/h6,14H,2-5,7-12H2,1H3,(H2,16,17,18). The maximum absolute atomic E-state index is 4.28. The first kappa shape index (κ1) is 13.4. The number of rotatable bonds is 5. The first-order chi connectivity index (χ1) is 8.88. The van der Waals surface area contributed by atoms with Crippen LogP contribution in [0, 0.1) is 5.92 Å². The molecule has 0 atom stereocenters. The number of hydrogen-bond donors (Lipinski definition) is 2. The second-order valence-corrected chi connectivity index (χ2v) is 5.53. The highest BCUT2D eigenvalue weighted by molar-refractivity contribution is 5.79. The Morgan fingerprint density at radius 1 is 1.28 bits per heavy atom. The van der Waals surface area contributed by atoms with E-state index in [-0.39, 0.29) is 0 Å². The van der Waals surface area contributed by atoms with Gasteiger partial charge in [0.2, 0.25) is 0 Å². The van der Waals surface area contributed by atoms with Gasteiger partial charge in [0.25, 0.3) is 0 Å². The molecule has 1 fully saturated rings. The van der Waals surface area contributed by atoms with Gasteiger partial charge >= 0.3 is 0 Å². The summed E-state index contributed by atoms with van der Waals surface area (Å²) in [6.45, 7) is 2.10. The molecule has 102 valence electrons. The van der Waals surface area contributed by atoms with Crippen LogP contribution in [0.15, 0.2) is 16.6 Å². The maximum Gasteiger partial charge on any atom is 0.190 e. The van der Waals surface area contributed by atoms with Crippen LogP contribution < -0.4 is 10.6 Å². The van der Waals surface area contributed by atoms with Gasteiger partial charge in [-0.3, -0.25) is 4.99 Å². The molecule has 2 N–H and O–H groups in total. The van der Waals surface area contributed by atoms with Gasteiger partial charge in [-0.2, -0.15) is 0 Å². The molecule has 0 aromatic heterocycles. The molecular weight excluding hydrogens is 222 g/mol. The minimum Gasteiger partial charge on any atom is -0.356 e. The van der Waals surface area contributed by atoms with E-state index in [4.69, 9.17) is 0 Å². The summed E-state index contributed by atoms with van der Waals surface area (Å²) < 4.78 is 0. The van der Waals surface area contributed by atoms with Crippen molar-refractivity contribution in [1.82, 2.24) is 10.6 Å². The van der Waals surface area contributed by atoms with Crippen molar-refractivity contribution in [2.75, 3.05) is 20.1 Å². The average Bonchev–Trinajstić information content (AvgIpc) is 2.36. The fourth-order valence-electron chi connectivity index (χ4n) is 2.63. The van der Waals surface area contributed by atoms with E-state index in [1.54, 1.807) is 5.57 Å². The Kier molecular flexibility index (Phi) is 5.56. The zero-order valence-electron chi connectivity index (χ0n) is 11.7. The van der Waals surface area contributed by atoms with Crippen molar-refractivity contribution in [2.45, 2.75) is 51.4 Å². The highest BCUT2D eigenvalue weighted by Gasteiger charge is 2.17. The van der Waals surface area contributed by atoms with Crippen LogP contribution in [0.4, 0.5) is 0 Å². The van der Waals surface area contributed by atoms with Gasteiger partial charge in [-0.1, -0.05) is 18.1 Å². The first-order valence-corrected chi connectivity index (χ1v) is 7.51. The van der Waals surface area contributed by atoms with E-state index in [1.165, 1.54) is 51.4 Å². The van der Waals surface area contributed by atoms with Crippen molar-refractivity contribution in [2.24, 2.45) is 10.9 Å². The minimum absolute atomic E-state index is 0.879. The number of aliphatic imine (C=N–C) groups is 1. The molecule has 0 aliphatic heterocycles. The summed E-state index contributed by atoms with van der Waals surface area (Å²) in [6.07, 6.45) is 13.1. The second kappa shape index (κ2) is 7.45. The molecule has 18 heavy (non-hydrogen) atoms. The lowest BCUT2D eigenvalue weighted by molar-refractivity contribution is 0.314. The quantitative estimate of drug-likeness (QED) is 0.446. The van der Waals surface area contributed by atoms with E-state index in [9.17, 15) is 0 Å². The van der Waals surface area contributed by atoms with Crippen LogP contribution in [-0.4, -0.2) is 26.1 Å². The minimum atomic E-state index is 0.879. The SMILES string of the molecule is CN=C(NCCC1=CCCCC1)NCC1CCC1. The molecule has 0 saturated heterocycles. The van der Waals surface area contributed by atoms with E-state index in [0.717, 1.165) is 25.0 Å². The molecule has 0 spiro atoms. The van der Waals surface area contributed by atoms with Crippen LogP contribution in [0.25, 0.3) is 0 Å². The monoisotopic (exact) mass is 249 g/mol. The number of hydrogen-bond acceptors (Lipinski definition) is 1. The molecule has 0 amide bonds. The Hall–Kier alpha value is -0.990. The van der Waals surface area contributed by atoms with Gasteiger partial charge < -0.3 is 10.6 Å². The number of nitrogens with one attached hydrogen (secondary N) is 2. The van der Waals surface area contributed by atoms with Crippen LogP contribution in [0.3, 0.4) is 0 Å². The first-order valence-electron chi connectivity index (χ1n) is 7.51. The normalized spacial score (nSPS) is 21.2. The molecule has 0 aromatic carbocycles. The molecule has 2 aliphatic carbocycles. The van der Waals surface area contributed by atoms with Crippen LogP contribution in [0.2, 0.25) is 0 Å². The molecule has 0 unspecified atom stereocenters. The van der Waals surface area contributed by atoms with E-state index >= 15 is 0 Å². The van der Waals surface area contributed by atoms with Crippen molar-refractivity contribution in [3.8, 4) is 0 Å². The highest BCUT2D eigenvalue weighted by Crippen LogP contribution is 2.25. The van der Waals surface area contributed by atoms with Gasteiger partial charge in [0.05, 0.1) is 0 Å². The fourth-order valence-corrected chi connectivity index (χ4v) is 2.63. The van der Waals surface area contributed by atoms with Crippen molar-refractivity contribution in [3.63, 3.8) is 0 Å². The fraction of sp³-hybridized carbons (Fsp3) is 0.800. The van der Waals surface area contributed by atoms with Crippen molar-refractivity contribution >= 4 is 5.96 Å². The molecule has 2 rings (SSSR count).